The third-order valence-corrected chi connectivity index (χ3v) is 2.62. The van der Waals surface area contributed by atoms with Crippen LogP contribution >= 0.6 is 0 Å². The second kappa shape index (κ2) is 3.91. The molecule has 2 rings (SSSR count). The van der Waals surface area contributed by atoms with Gasteiger partial charge in [-0.15, -0.1) is 13.2 Å². The molecule has 1 aromatic carbocycles. The Kier molecular flexibility index (Phi) is 2.69. The molecule has 0 N–H and O–H groups in total. The maximum absolute atomic E-state index is 12.4. The summed E-state index contributed by atoms with van der Waals surface area (Å²) in [5, 5.41) is 0. The normalized spacial score (nSPS) is 16.4. The van der Waals surface area contributed by atoms with Gasteiger partial charge in [0.25, 0.3) is 5.91 Å². The Balaban J connectivity index is 2.24. The SMILES string of the molecule is Cc1ccc(C2=CC(=O)N(C(F)(F)F)C2)cc1. The summed E-state index contributed by atoms with van der Waals surface area (Å²) >= 11 is 0. The van der Waals surface area contributed by atoms with Crippen LogP contribution < -0.4 is 0 Å². The number of alkyl halides is 3. The largest absolute Gasteiger partial charge is 0.487 e. The molecule has 5 heteroatoms. The van der Waals surface area contributed by atoms with Crippen molar-refractivity contribution in [1.29, 1.82) is 0 Å². The molecular weight excluding hydrogens is 231 g/mol. The summed E-state index contributed by atoms with van der Waals surface area (Å²) in [6.07, 6.45) is -3.57. The lowest BCUT2D eigenvalue weighted by atomic mass is 10.1. The molecule has 0 atom stereocenters. The zero-order valence-corrected chi connectivity index (χ0v) is 9.08. The highest BCUT2D eigenvalue weighted by Gasteiger charge is 2.43. The van der Waals surface area contributed by atoms with Crippen molar-refractivity contribution in [2.24, 2.45) is 0 Å². The second-order valence-electron chi connectivity index (χ2n) is 3.93. The Labute approximate surface area is 96.3 Å². The number of aryl methyl sites for hydroxylation is 1. The first-order chi connectivity index (χ1) is 7.88. The van der Waals surface area contributed by atoms with Gasteiger partial charge in [-0.25, -0.2) is 4.90 Å². The minimum absolute atomic E-state index is 0.0950. The van der Waals surface area contributed by atoms with E-state index in [1.165, 1.54) is 0 Å². The van der Waals surface area contributed by atoms with Crippen molar-refractivity contribution in [2.45, 2.75) is 13.2 Å². The fourth-order valence-corrected chi connectivity index (χ4v) is 1.68. The molecule has 90 valence electrons. The predicted octanol–water partition coefficient (Wildman–Crippen LogP) is 2.74. The smallest absolute Gasteiger partial charge is 0.269 e. The number of carbonyl (C=O) groups is 1. The van der Waals surface area contributed by atoms with Gasteiger partial charge in [0.2, 0.25) is 0 Å². The van der Waals surface area contributed by atoms with E-state index >= 15 is 0 Å². The summed E-state index contributed by atoms with van der Waals surface area (Å²) in [5.74, 6) is -1.01. The van der Waals surface area contributed by atoms with Crippen molar-refractivity contribution in [2.75, 3.05) is 6.54 Å². The molecule has 1 aromatic rings. The lowest BCUT2D eigenvalue weighted by Crippen LogP contribution is -2.39. The van der Waals surface area contributed by atoms with Crippen molar-refractivity contribution < 1.29 is 18.0 Å². The number of hydrogen-bond donors (Lipinski definition) is 0. The zero-order chi connectivity index (χ0) is 12.6. The van der Waals surface area contributed by atoms with Gasteiger partial charge in [0.05, 0.1) is 6.54 Å². The maximum atomic E-state index is 12.4. The highest BCUT2D eigenvalue weighted by Crippen LogP contribution is 2.30. The van der Waals surface area contributed by atoms with E-state index in [9.17, 15) is 18.0 Å². The minimum Gasteiger partial charge on any atom is -0.269 e. The molecule has 2 nitrogen and oxygen atoms in total. The molecule has 0 saturated heterocycles. The van der Waals surface area contributed by atoms with Crippen molar-refractivity contribution in [3.05, 3.63) is 41.5 Å². The van der Waals surface area contributed by atoms with Gasteiger partial charge in [0.1, 0.15) is 0 Å². The first-order valence-electron chi connectivity index (χ1n) is 5.04. The van der Waals surface area contributed by atoms with Gasteiger partial charge in [-0.1, -0.05) is 29.8 Å². The van der Waals surface area contributed by atoms with E-state index in [1.807, 2.05) is 6.92 Å². The predicted molar refractivity (Wildman–Crippen MR) is 56.9 cm³/mol. The van der Waals surface area contributed by atoms with Crippen LogP contribution in [-0.4, -0.2) is 23.7 Å². The van der Waals surface area contributed by atoms with E-state index in [4.69, 9.17) is 0 Å². The number of nitrogens with zero attached hydrogens (tertiary/aromatic N) is 1. The maximum Gasteiger partial charge on any atom is 0.487 e. The molecule has 1 aliphatic rings. The molecule has 0 unspecified atom stereocenters. The van der Waals surface area contributed by atoms with Crippen molar-refractivity contribution in [1.82, 2.24) is 4.90 Å². The van der Waals surface area contributed by atoms with Crippen LogP contribution in [0.3, 0.4) is 0 Å². The van der Waals surface area contributed by atoms with Crippen LogP contribution in [0, 0.1) is 6.92 Å². The van der Waals surface area contributed by atoms with Gasteiger partial charge >= 0.3 is 6.30 Å². The van der Waals surface area contributed by atoms with Crippen LogP contribution in [0.5, 0.6) is 0 Å². The van der Waals surface area contributed by atoms with Crippen molar-refractivity contribution in [3.63, 3.8) is 0 Å². The molecule has 0 aliphatic carbocycles. The fourth-order valence-electron chi connectivity index (χ4n) is 1.68. The quantitative estimate of drug-likeness (QED) is 0.692. The molecule has 0 bridgehead atoms. The summed E-state index contributed by atoms with van der Waals surface area (Å²) in [6.45, 7) is 1.48. The number of rotatable bonds is 1. The van der Waals surface area contributed by atoms with Gasteiger partial charge in [-0.3, -0.25) is 4.79 Å². The molecule has 1 aliphatic heterocycles. The molecule has 0 aromatic heterocycles. The Morgan fingerprint density at radius 1 is 1.18 bits per heavy atom. The van der Waals surface area contributed by atoms with Crippen LogP contribution in [0.2, 0.25) is 0 Å². The van der Waals surface area contributed by atoms with Crippen LogP contribution in [0.1, 0.15) is 11.1 Å². The molecule has 0 saturated carbocycles. The van der Waals surface area contributed by atoms with Crippen LogP contribution in [-0.2, 0) is 4.79 Å². The van der Waals surface area contributed by atoms with Crippen LogP contribution in [0.15, 0.2) is 30.3 Å². The summed E-state index contributed by atoms with van der Waals surface area (Å²) in [7, 11) is 0. The lowest BCUT2D eigenvalue weighted by Gasteiger charge is -2.19. The fraction of sp³-hybridized carbons (Fsp3) is 0.250. The highest BCUT2D eigenvalue weighted by molar-refractivity contribution is 6.00. The number of benzene rings is 1. The number of halogens is 3. The molecule has 17 heavy (non-hydrogen) atoms. The first-order valence-corrected chi connectivity index (χ1v) is 5.04. The van der Waals surface area contributed by atoms with E-state index in [0.29, 0.717) is 11.1 Å². The topological polar surface area (TPSA) is 20.3 Å². The monoisotopic (exact) mass is 241 g/mol. The van der Waals surface area contributed by atoms with Gasteiger partial charge in [-0.2, -0.15) is 0 Å². The Bertz CT molecular complexity index is 474. The van der Waals surface area contributed by atoms with Gasteiger partial charge in [0.15, 0.2) is 0 Å². The minimum atomic E-state index is -4.61. The third kappa shape index (κ3) is 2.33. The number of carbonyl (C=O) groups excluding carboxylic acids is 1. The summed E-state index contributed by atoms with van der Waals surface area (Å²) < 4.78 is 37.3. The number of amides is 1. The van der Waals surface area contributed by atoms with E-state index in [2.05, 4.69) is 0 Å². The van der Waals surface area contributed by atoms with E-state index in [0.717, 1.165) is 11.6 Å². The van der Waals surface area contributed by atoms with Crippen molar-refractivity contribution in [3.8, 4) is 0 Å². The van der Waals surface area contributed by atoms with Gasteiger partial charge in [0, 0.05) is 6.08 Å². The average molecular weight is 241 g/mol. The first kappa shape index (κ1) is 11.7. The van der Waals surface area contributed by atoms with E-state index in [-0.39, 0.29) is 4.90 Å². The molecular formula is C12H10F3NO. The van der Waals surface area contributed by atoms with E-state index in [1.54, 1.807) is 24.3 Å². The summed E-state index contributed by atoms with van der Waals surface area (Å²) in [6, 6.07) is 7.04. The number of hydrogen-bond acceptors (Lipinski definition) is 1. The molecule has 0 fully saturated rings. The Morgan fingerprint density at radius 3 is 2.24 bits per heavy atom. The molecule has 0 spiro atoms. The summed E-state index contributed by atoms with van der Waals surface area (Å²) in [5.41, 5.74) is 2.06. The lowest BCUT2D eigenvalue weighted by molar-refractivity contribution is -0.232. The molecule has 1 amide bonds. The Morgan fingerprint density at radius 2 is 1.76 bits per heavy atom. The third-order valence-electron chi connectivity index (χ3n) is 2.62. The second-order valence-corrected chi connectivity index (χ2v) is 3.93. The van der Waals surface area contributed by atoms with Gasteiger partial charge < -0.3 is 0 Å². The average Bonchev–Trinajstić information content (AvgIpc) is 2.61. The standard InChI is InChI=1S/C12H10F3NO/c1-8-2-4-9(5-3-8)10-6-11(17)16(7-10)12(13,14)15/h2-6H,7H2,1H3. The molecule has 0 radical (unpaired) electrons. The molecule has 1 heterocycles. The van der Waals surface area contributed by atoms with Crippen LogP contribution in [0.4, 0.5) is 13.2 Å². The highest BCUT2D eigenvalue weighted by atomic mass is 19.4. The Hall–Kier alpha value is -1.78. The van der Waals surface area contributed by atoms with Crippen molar-refractivity contribution >= 4 is 11.5 Å². The van der Waals surface area contributed by atoms with Gasteiger partial charge in [-0.05, 0) is 18.1 Å². The zero-order valence-electron chi connectivity index (χ0n) is 9.08. The van der Waals surface area contributed by atoms with Crippen LogP contribution in [0.25, 0.3) is 5.57 Å². The summed E-state index contributed by atoms with van der Waals surface area (Å²) in [4.78, 5) is 11.1. The van der Waals surface area contributed by atoms with E-state index < -0.39 is 18.8 Å².